The van der Waals surface area contributed by atoms with E-state index in [0.717, 1.165) is 0 Å². The maximum atomic E-state index is 14.8. The molecule has 13 nitrogen and oxygen atoms in total. The summed E-state index contributed by atoms with van der Waals surface area (Å²) in [6, 6.07) is 0. The number of hydrogen-bond donors (Lipinski definition) is 2. The Morgan fingerprint density at radius 3 is 2.02 bits per heavy atom. The number of carbonyl (C=O) groups excluding carboxylic acids is 5. The van der Waals surface area contributed by atoms with Crippen LogP contribution in [0.3, 0.4) is 0 Å². The predicted octanol–water partition coefficient (Wildman–Crippen LogP) is 1.33. The molecule has 20 atom stereocenters. The maximum Gasteiger partial charge on any atom is 0.341 e. The molecule has 8 aliphatic rings. The summed E-state index contributed by atoms with van der Waals surface area (Å²) in [7, 11) is 0. The molecule has 0 radical (unpaired) electrons. The van der Waals surface area contributed by atoms with Gasteiger partial charge in [0.05, 0.1) is 11.5 Å². The summed E-state index contributed by atoms with van der Waals surface area (Å²) >= 11 is 0. The number of ketones is 1. The molecule has 3 saturated heterocycles. The Hall–Kier alpha value is -2.61. The summed E-state index contributed by atoms with van der Waals surface area (Å²) in [6.07, 6.45) is -5.05. The normalized spacial score (nSPS) is 59.6. The molecule has 8 fully saturated rings. The number of hydrogen-bond acceptors (Lipinski definition) is 13. The third-order valence-electron chi connectivity index (χ3n) is 15.1. The molecule has 0 aromatic heterocycles. The van der Waals surface area contributed by atoms with Crippen LogP contribution in [0.4, 0.5) is 0 Å². The summed E-state index contributed by atoms with van der Waals surface area (Å²) in [6.45, 7) is 14.8. The fraction of sp³-hybridized carbons (Fsp3) is 0.857. The summed E-state index contributed by atoms with van der Waals surface area (Å²) in [5.74, 6) is -9.61. The highest BCUT2D eigenvalue weighted by Crippen LogP contribution is 2.81. The van der Waals surface area contributed by atoms with Gasteiger partial charge >= 0.3 is 23.9 Å². The van der Waals surface area contributed by atoms with Crippen LogP contribution in [0, 0.1) is 63.6 Å². The molecule has 0 amide bonds. The van der Waals surface area contributed by atoms with Crippen molar-refractivity contribution in [3.63, 3.8) is 0 Å². The predicted molar refractivity (Wildman–Crippen MR) is 159 cm³/mol. The minimum Gasteiger partial charge on any atom is -0.462 e. The van der Waals surface area contributed by atoms with E-state index in [1.165, 1.54) is 27.7 Å². The first-order chi connectivity index (χ1) is 22.2. The Morgan fingerprint density at radius 2 is 1.42 bits per heavy atom. The van der Waals surface area contributed by atoms with Gasteiger partial charge < -0.3 is 38.6 Å². The Balaban J connectivity index is 1.38. The van der Waals surface area contributed by atoms with Gasteiger partial charge in [0.25, 0.3) is 0 Å². The zero-order valence-electron chi connectivity index (χ0n) is 28.8. The van der Waals surface area contributed by atoms with E-state index >= 15 is 0 Å². The standard InChI is InChI=1S/C35H46O13/c1-11-19-18(24(40)23(39)16-10-17-25(46-17)29(31(16,19)6)45-15(5)38)21-26(43-13(3)36)22-20(32(21,7)27(11)44-14(4)37)12(2)28-35(47-28)33(22,8)34(9,42)30(41)48-35/h11-12,16-23,25-29,39,42H,10H2,1-9H3/t11-,12-,16+,17-,18+,19-,20-,21+,22-,23+,25-,26+,27-,28+,29-,31-,32+,33-,34+,35-/m0/s1. The average molecular weight is 675 g/mol. The second-order valence-electron chi connectivity index (χ2n) is 16.9. The van der Waals surface area contributed by atoms with E-state index < -0.39 is 135 Å². The van der Waals surface area contributed by atoms with Gasteiger partial charge in [0.2, 0.25) is 5.79 Å². The van der Waals surface area contributed by atoms with Crippen LogP contribution in [0.1, 0.15) is 68.7 Å². The molecule has 0 unspecified atom stereocenters. The van der Waals surface area contributed by atoms with Gasteiger partial charge in [-0.15, -0.1) is 0 Å². The number of epoxide rings is 2. The number of aliphatic hydroxyl groups excluding tert-OH is 1. The second-order valence-corrected chi connectivity index (χ2v) is 16.9. The third-order valence-corrected chi connectivity index (χ3v) is 15.1. The lowest BCUT2D eigenvalue weighted by atomic mass is 9.39. The fourth-order valence-electron chi connectivity index (χ4n) is 13.4. The molecular weight excluding hydrogens is 628 g/mol. The largest absolute Gasteiger partial charge is 0.462 e. The van der Waals surface area contributed by atoms with Crippen LogP contribution in [0.25, 0.3) is 0 Å². The highest BCUT2D eigenvalue weighted by molar-refractivity contribution is 5.88. The van der Waals surface area contributed by atoms with Crippen LogP contribution >= 0.6 is 0 Å². The van der Waals surface area contributed by atoms with E-state index in [0.29, 0.717) is 6.42 Å². The smallest absolute Gasteiger partial charge is 0.341 e. The van der Waals surface area contributed by atoms with Gasteiger partial charge in [-0.25, -0.2) is 4.79 Å². The molecule has 3 aliphatic heterocycles. The van der Waals surface area contributed by atoms with Gasteiger partial charge in [-0.1, -0.05) is 27.7 Å². The van der Waals surface area contributed by atoms with E-state index in [9.17, 15) is 34.2 Å². The number of fused-ring (bicyclic) bond motifs is 9. The fourth-order valence-corrected chi connectivity index (χ4v) is 13.4. The first-order valence-corrected chi connectivity index (χ1v) is 17.2. The van der Waals surface area contributed by atoms with Gasteiger partial charge in [0.15, 0.2) is 11.4 Å². The van der Waals surface area contributed by atoms with Crippen LogP contribution < -0.4 is 0 Å². The van der Waals surface area contributed by atoms with Crippen molar-refractivity contribution in [3.05, 3.63) is 0 Å². The molecular formula is C35H46O13. The molecule has 8 rings (SSSR count). The summed E-state index contributed by atoms with van der Waals surface area (Å²) < 4.78 is 36.7. The molecule has 3 heterocycles. The second kappa shape index (κ2) is 9.38. The summed E-state index contributed by atoms with van der Waals surface area (Å²) in [4.78, 5) is 66.9. The molecule has 0 bridgehead atoms. The van der Waals surface area contributed by atoms with Crippen molar-refractivity contribution >= 4 is 29.7 Å². The van der Waals surface area contributed by atoms with Crippen molar-refractivity contribution in [3.8, 4) is 0 Å². The molecule has 0 aromatic carbocycles. The molecule has 1 spiro atoms. The van der Waals surface area contributed by atoms with Crippen molar-refractivity contribution < 1.29 is 62.6 Å². The highest BCUT2D eigenvalue weighted by atomic mass is 16.8. The van der Waals surface area contributed by atoms with Crippen LogP contribution in [-0.2, 0) is 52.4 Å². The zero-order chi connectivity index (χ0) is 35.0. The average Bonchev–Trinajstić information content (AvgIpc) is 3.88. The van der Waals surface area contributed by atoms with Gasteiger partial charge in [-0.05, 0) is 43.9 Å². The number of ether oxygens (including phenoxy) is 6. The number of aliphatic hydroxyl groups is 2. The SMILES string of the molecule is CC(=O)O[C@@H]1[C@H]2[C@@H]3C(=O)[C@H](O)[C@H]4C[C@@H]5O[C@@H]5[C@H](OC(C)=O)[C@]4(C)[C@H]3[C@H](C)[C@H](OC(C)=O)[C@]2(C)[C@H]2[C@H](C)[C@H]3O[C@]34OC(=O)[C@@](C)(O)[C@]4(C)[C@H]12. The monoisotopic (exact) mass is 674 g/mol. The Kier molecular flexibility index (Phi) is 6.37. The minimum atomic E-state index is -2.07. The zero-order valence-corrected chi connectivity index (χ0v) is 28.8. The van der Waals surface area contributed by atoms with E-state index in [1.54, 1.807) is 6.92 Å². The number of rotatable bonds is 3. The highest BCUT2D eigenvalue weighted by Gasteiger charge is 2.93. The van der Waals surface area contributed by atoms with Gasteiger partial charge in [0, 0.05) is 55.3 Å². The van der Waals surface area contributed by atoms with Gasteiger partial charge in [-0.3, -0.25) is 19.2 Å². The quantitative estimate of drug-likeness (QED) is 0.248. The Bertz CT molecular complexity index is 1540. The van der Waals surface area contributed by atoms with Gasteiger partial charge in [-0.2, -0.15) is 0 Å². The van der Waals surface area contributed by atoms with Crippen LogP contribution in [0.5, 0.6) is 0 Å². The van der Waals surface area contributed by atoms with Crippen LogP contribution in [-0.4, -0.2) is 94.0 Å². The van der Waals surface area contributed by atoms with E-state index in [4.69, 9.17) is 28.4 Å². The summed E-state index contributed by atoms with van der Waals surface area (Å²) in [5.41, 5.74) is -5.59. The number of Topliss-reactive ketones (excluding diaryl/α,β-unsaturated/α-hetero) is 1. The Morgan fingerprint density at radius 1 is 0.812 bits per heavy atom. The van der Waals surface area contributed by atoms with Crippen molar-refractivity contribution in [1.29, 1.82) is 0 Å². The van der Waals surface area contributed by atoms with Crippen LogP contribution in [0.2, 0.25) is 0 Å². The maximum absolute atomic E-state index is 14.8. The molecule has 5 aliphatic carbocycles. The first kappa shape index (κ1) is 32.6. The molecule has 48 heavy (non-hydrogen) atoms. The molecule has 13 heteroatoms. The first-order valence-electron chi connectivity index (χ1n) is 17.2. The van der Waals surface area contributed by atoms with Crippen molar-refractivity contribution in [2.24, 2.45) is 63.6 Å². The third kappa shape index (κ3) is 3.40. The molecule has 0 aromatic rings. The molecule has 5 saturated carbocycles. The lowest BCUT2D eigenvalue weighted by molar-refractivity contribution is -0.247. The Labute approximate surface area is 278 Å². The molecule has 264 valence electrons. The van der Waals surface area contributed by atoms with Crippen molar-refractivity contribution in [1.82, 2.24) is 0 Å². The van der Waals surface area contributed by atoms with Crippen molar-refractivity contribution in [2.75, 3.05) is 0 Å². The van der Waals surface area contributed by atoms with Gasteiger partial charge in [0.1, 0.15) is 36.6 Å². The number of carbonyl (C=O) groups is 5. The topological polar surface area (TPSA) is 188 Å². The van der Waals surface area contributed by atoms with E-state index in [2.05, 4.69) is 0 Å². The van der Waals surface area contributed by atoms with Crippen LogP contribution in [0.15, 0.2) is 0 Å². The number of esters is 4. The molecule has 2 N–H and O–H groups in total. The van der Waals surface area contributed by atoms with Crippen molar-refractivity contribution in [2.45, 2.75) is 123 Å². The van der Waals surface area contributed by atoms with E-state index in [-0.39, 0.29) is 12.0 Å². The summed E-state index contributed by atoms with van der Waals surface area (Å²) in [5, 5.41) is 23.9. The lowest BCUT2D eigenvalue weighted by Gasteiger charge is -2.65. The van der Waals surface area contributed by atoms with E-state index in [1.807, 2.05) is 27.7 Å². The minimum absolute atomic E-state index is 0.270. The lowest BCUT2D eigenvalue weighted by Crippen LogP contribution is -2.72.